The van der Waals surface area contributed by atoms with Crippen LogP contribution in [-0.4, -0.2) is 4.75 Å². The Morgan fingerprint density at radius 2 is 1.58 bits per heavy atom. The second-order valence-corrected chi connectivity index (χ2v) is 5.68. The molecule has 0 fully saturated rings. The molecule has 0 spiro atoms. The molecule has 0 radical (unpaired) electrons. The first-order chi connectivity index (χ1) is 5.47. The van der Waals surface area contributed by atoms with Gasteiger partial charge in [-0.3, -0.25) is 0 Å². The van der Waals surface area contributed by atoms with Gasteiger partial charge in [-0.15, -0.1) is 11.8 Å². The Hall–Kier alpha value is -0.630. The molecule has 0 atom stereocenters. The molecule has 0 unspecified atom stereocenters. The predicted octanol–water partition coefficient (Wildman–Crippen LogP) is 3.16. The number of rotatable bonds is 1. The molecule has 1 rings (SSSR count). The highest BCUT2D eigenvalue weighted by Gasteiger charge is 2.11. The van der Waals surface area contributed by atoms with Crippen molar-refractivity contribution in [3.63, 3.8) is 0 Å². The Labute approximate surface area is 78.4 Å². The number of nitrogen functional groups attached to an aromatic ring is 1. The van der Waals surface area contributed by atoms with Gasteiger partial charge in [0.1, 0.15) is 0 Å². The van der Waals surface area contributed by atoms with Gasteiger partial charge < -0.3 is 5.73 Å². The minimum atomic E-state index is 0.274. The molecule has 0 saturated carbocycles. The molecule has 1 aromatic carbocycles. The number of benzene rings is 1. The van der Waals surface area contributed by atoms with Gasteiger partial charge in [-0.2, -0.15) is 0 Å². The lowest BCUT2D eigenvalue weighted by atomic mass is 10.3. The molecule has 0 saturated heterocycles. The summed E-state index contributed by atoms with van der Waals surface area (Å²) in [5.74, 6) is 0. The lowest BCUT2D eigenvalue weighted by Gasteiger charge is -2.17. The highest BCUT2D eigenvalue weighted by Crippen LogP contribution is 2.31. The molecule has 0 aliphatic carbocycles. The smallest absolute Gasteiger partial charge is 0.0314 e. The van der Waals surface area contributed by atoms with Crippen molar-refractivity contribution in [2.24, 2.45) is 0 Å². The molecule has 0 aliphatic rings. The van der Waals surface area contributed by atoms with Crippen molar-refractivity contribution in [3.8, 4) is 0 Å². The first-order valence-electron chi connectivity index (χ1n) is 4.02. The standard InChI is InChI=1S/C10H15NS/c1-10(2,3)12-9-6-4-8(11)5-7-9/h4-7H,11H2,1-3H3. The molecule has 0 aliphatic heterocycles. The summed E-state index contributed by atoms with van der Waals surface area (Å²) in [4.78, 5) is 1.27. The van der Waals surface area contributed by atoms with Crippen LogP contribution in [0.25, 0.3) is 0 Å². The van der Waals surface area contributed by atoms with Crippen molar-refractivity contribution in [1.29, 1.82) is 0 Å². The topological polar surface area (TPSA) is 26.0 Å². The van der Waals surface area contributed by atoms with Crippen LogP contribution in [0.15, 0.2) is 29.2 Å². The van der Waals surface area contributed by atoms with E-state index in [1.807, 2.05) is 23.9 Å². The van der Waals surface area contributed by atoms with E-state index in [4.69, 9.17) is 5.73 Å². The predicted molar refractivity (Wildman–Crippen MR) is 56.5 cm³/mol. The first kappa shape index (κ1) is 9.46. The van der Waals surface area contributed by atoms with Crippen LogP contribution >= 0.6 is 11.8 Å². The summed E-state index contributed by atoms with van der Waals surface area (Å²) in [7, 11) is 0. The zero-order valence-electron chi connectivity index (χ0n) is 7.79. The van der Waals surface area contributed by atoms with Crippen molar-refractivity contribution < 1.29 is 0 Å². The quantitative estimate of drug-likeness (QED) is 0.532. The number of nitrogens with two attached hydrogens (primary N) is 1. The number of hydrogen-bond acceptors (Lipinski definition) is 2. The molecule has 12 heavy (non-hydrogen) atoms. The van der Waals surface area contributed by atoms with E-state index in [0.29, 0.717) is 0 Å². The number of thioether (sulfide) groups is 1. The van der Waals surface area contributed by atoms with Gasteiger partial charge in [-0.25, -0.2) is 0 Å². The van der Waals surface area contributed by atoms with Crippen molar-refractivity contribution in [1.82, 2.24) is 0 Å². The van der Waals surface area contributed by atoms with E-state index in [1.165, 1.54) is 4.90 Å². The minimum absolute atomic E-state index is 0.274. The van der Waals surface area contributed by atoms with E-state index >= 15 is 0 Å². The van der Waals surface area contributed by atoms with Crippen LogP contribution in [0.5, 0.6) is 0 Å². The largest absolute Gasteiger partial charge is 0.399 e. The first-order valence-corrected chi connectivity index (χ1v) is 4.83. The van der Waals surface area contributed by atoms with Gasteiger partial charge in [0.15, 0.2) is 0 Å². The number of anilines is 1. The van der Waals surface area contributed by atoms with Gasteiger partial charge in [-0.05, 0) is 24.3 Å². The van der Waals surface area contributed by atoms with Gasteiger partial charge in [0, 0.05) is 15.3 Å². The molecular formula is C10H15NS. The van der Waals surface area contributed by atoms with E-state index in [1.54, 1.807) is 0 Å². The molecule has 2 heteroatoms. The third-order valence-corrected chi connectivity index (χ3v) is 2.42. The SMILES string of the molecule is CC(C)(C)Sc1ccc(N)cc1. The molecule has 1 nitrogen and oxygen atoms in total. The second kappa shape index (κ2) is 3.40. The van der Waals surface area contributed by atoms with Crippen molar-refractivity contribution in [2.45, 2.75) is 30.4 Å². The van der Waals surface area contributed by atoms with Gasteiger partial charge >= 0.3 is 0 Å². The molecule has 2 N–H and O–H groups in total. The van der Waals surface area contributed by atoms with Gasteiger partial charge in [0.05, 0.1) is 0 Å². The second-order valence-electron chi connectivity index (χ2n) is 3.78. The lowest BCUT2D eigenvalue weighted by molar-refractivity contribution is 0.803. The summed E-state index contributed by atoms with van der Waals surface area (Å²) in [6, 6.07) is 8.00. The van der Waals surface area contributed by atoms with E-state index in [0.717, 1.165) is 5.69 Å². The molecule has 66 valence electrons. The fraction of sp³-hybridized carbons (Fsp3) is 0.400. The molecule has 0 bridgehead atoms. The summed E-state index contributed by atoms with van der Waals surface area (Å²) < 4.78 is 0.274. The average Bonchev–Trinajstić information content (AvgIpc) is 1.91. The lowest BCUT2D eigenvalue weighted by Crippen LogP contribution is -2.06. The molecule has 0 amide bonds. The van der Waals surface area contributed by atoms with E-state index < -0.39 is 0 Å². The zero-order chi connectivity index (χ0) is 9.19. The Morgan fingerprint density at radius 1 is 1.08 bits per heavy atom. The third kappa shape index (κ3) is 3.18. The fourth-order valence-electron chi connectivity index (χ4n) is 0.889. The molecular weight excluding hydrogens is 166 g/mol. The van der Waals surface area contributed by atoms with Crippen LogP contribution in [0.4, 0.5) is 5.69 Å². The highest BCUT2D eigenvalue weighted by molar-refractivity contribution is 8.00. The summed E-state index contributed by atoms with van der Waals surface area (Å²) in [6.07, 6.45) is 0. The Kier molecular flexibility index (Phi) is 2.68. The molecule has 0 aromatic heterocycles. The highest BCUT2D eigenvalue weighted by atomic mass is 32.2. The summed E-state index contributed by atoms with van der Waals surface area (Å²) in [5, 5.41) is 0. The van der Waals surface area contributed by atoms with Gasteiger partial charge in [0.2, 0.25) is 0 Å². The maximum Gasteiger partial charge on any atom is 0.0314 e. The van der Waals surface area contributed by atoms with Gasteiger partial charge in [0.25, 0.3) is 0 Å². The normalized spacial score (nSPS) is 11.6. The van der Waals surface area contributed by atoms with Crippen molar-refractivity contribution in [2.75, 3.05) is 5.73 Å². The van der Waals surface area contributed by atoms with Crippen LogP contribution in [0.3, 0.4) is 0 Å². The molecule has 1 aromatic rings. The van der Waals surface area contributed by atoms with Crippen LogP contribution in [0, 0.1) is 0 Å². The fourth-order valence-corrected chi connectivity index (χ4v) is 1.87. The zero-order valence-corrected chi connectivity index (χ0v) is 8.61. The van der Waals surface area contributed by atoms with E-state index in [-0.39, 0.29) is 4.75 Å². The summed E-state index contributed by atoms with van der Waals surface area (Å²) >= 11 is 1.85. The summed E-state index contributed by atoms with van der Waals surface area (Å²) in [6.45, 7) is 6.61. The van der Waals surface area contributed by atoms with Crippen LogP contribution in [0.1, 0.15) is 20.8 Å². The van der Waals surface area contributed by atoms with Crippen LogP contribution in [0.2, 0.25) is 0 Å². The van der Waals surface area contributed by atoms with Gasteiger partial charge in [-0.1, -0.05) is 20.8 Å². The van der Waals surface area contributed by atoms with Crippen LogP contribution in [-0.2, 0) is 0 Å². The monoisotopic (exact) mass is 181 g/mol. The molecule has 0 heterocycles. The van der Waals surface area contributed by atoms with E-state index in [9.17, 15) is 0 Å². The minimum Gasteiger partial charge on any atom is -0.399 e. The van der Waals surface area contributed by atoms with Crippen molar-refractivity contribution in [3.05, 3.63) is 24.3 Å². The number of hydrogen-bond donors (Lipinski definition) is 1. The van der Waals surface area contributed by atoms with E-state index in [2.05, 4.69) is 32.9 Å². The Balaban J connectivity index is 2.71. The Morgan fingerprint density at radius 3 is 2.00 bits per heavy atom. The maximum absolute atomic E-state index is 5.58. The Bertz CT molecular complexity index is 246. The summed E-state index contributed by atoms with van der Waals surface area (Å²) in [5.41, 5.74) is 6.41. The van der Waals surface area contributed by atoms with Crippen molar-refractivity contribution >= 4 is 17.4 Å². The third-order valence-electron chi connectivity index (χ3n) is 1.30. The maximum atomic E-state index is 5.58. The average molecular weight is 181 g/mol. The van der Waals surface area contributed by atoms with Crippen LogP contribution < -0.4 is 5.73 Å².